The largest absolute Gasteiger partial charge is 0.248 e. The lowest BCUT2D eigenvalue weighted by Crippen LogP contribution is -1.93. The molecule has 0 amide bonds. The van der Waals surface area contributed by atoms with E-state index in [9.17, 15) is 0 Å². The van der Waals surface area contributed by atoms with Crippen LogP contribution >= 0.6 is 0 Å². The van der Waals surface area contributed by atoms with Gasteiger partial charge in [0.2, 0.25) is 0 Å². The van der Waals surface area contributed by atoms with Crippen LogP contribution in [0, 0.1) is 0 Å². The molecule has 1 nitrogen and oxygen atoms in total. The van der Waals surface area contributed by atoms with Crippen molar-refractivity contribution in [3.8, 4) is 66.9 Å². The minimum absolute atomic E-state index is 0.803. The Hall–Kier alpha value is -6.05. The maximum Gasteiger partial charge on any atom is 0.0715 e. The van der Waals surface area contributed by atoms with E-state index < -0.39 is 0 Å². The average Bonchev–Trinajstić information content (AvgIpc) is 3.15. The van der Waals surface area contributed by atoms with Gasteiger partial charge in [0.05, 0.1) is 11.4 Å². The van der Waals surface area contributed by atoms with E-state index in [2.05, 4.69) is 165 Å². The summed E-state index contributed by atoms with van der Waals surface area (Å²) in [4.78, 5) is 4.90. The van der Waals surface area contributed by atoms with Crippen LogP contribution < -0.4 is 0 Å². The monoisotopic (exact) mass is 587 g/mol. The smallest absolute Gasteiger partial charge is 0.0715 e. The summed E-state index contributed by atoms with van der Waals surface area (Å²) >= 11 is 0. The Bertz CT molecular complexity index is 2160. The molecule has 0 fully saturated rings. The minimum atomic E-state index is 0.803. The number of benzene rings is 6. The van der Waals surface area contributed by atoms with Crippen molar-refractivity contribution in [1.82, 2.24) is 4.98 Å². The van der Waals surface area contributed by atoms with Gasteiger partial charge in [0, 0.05) is 5.56 Å². The molecule has 7 aromatic rings. The van der Waals surface area contributed by atoms with Gasteiger partial charge in [-0.3, -0.25) is 0 Å². The molecule has 218 valence electrons. The number of allylic oxidation sites excluding steroid dienone is 2. The normalized spacial score (nSPS) is 10.8. The van der Waals surface area contributed by atoms with E-state index in [1.807, 2.05) is 18.2 Å². The van der Waals surface area contributed by atoms with Crippen LogP contribution in [0.3, 0.4) is 0 Å². The highest BCUT2D eigenvalue weighted by Gasteiger charge is 2.10. The topological polar surface area (TPSA) is 12.9 Å². The maximum atomic E-state index is 4.90. The molecule has 6 aromatic carbocycles. The van der Waals surface area contributed by atoms with Crippen molar-refractivity contribution in [3.05, 3.63) is 195 Å². The number of hydrogen-bond donors (Lipinski definition) is 0. The molecule has 46 heavy (non-hydrogen) atoms. The SMILES string of the molecule is C=CC(=C)c1cc(-c2cccc(-c3cccc(-c4cccc(-c5ccc(-c6ccccc6)cc5)c4)c3)c2)cc(-c2ccccc2)n1. The van der Waals surface area contributed by atoms with Crippen LogP contribution in [-0.2, 0) is 0 Å². The van der Waals surface area contributed by atoms with E-state index in [1.165, 1.54) is 38.9 Å². The van der Waals surface area contributed by atoms with Gasteiger partial charge in [-0.1, -0.05) is 159 Å². The fraction of sp³-hybridized carbons (Fsp3) is 0. The standard InChI is InChI=1S/C45H33N/c1-3-32(2)44-30-43(31-45(46-44)36-15-8-5-9-16-36)42-22-12-21-41(29-42)40-20-11-19-39(28-40)38-18-10-17-37(27-38)35-25-23-34(24-26-35)33-13-6-4-7-14-33/h3-31H,1-2H2. The summed E-state index contributed by atoms with van der Waals surface area (Å²) in [6.07, 6.45) is 1.76. The summed E-state index contributed by atoms with van der Waals surface area (Å²) in [5, 5.41) is 0. The first-order valence-corrected chi connectivity index (χ1v) is 15.5. The Morgan fingerprint density at radius 3 is 1.22 bits per heavy atom. The molecule has 7 rings (SSSR count). The third kappa shape index (κ3) is 6.13. The summed E-state index contributed by atoms with van der Waals surface area (Å²) in [6, 6.07) is 60.2. The Balaban J connectivity index is 1.20. The summed E-state index contributed by atoms with van der Waals surface area (Å²) in [7, 11) is 0. The Labute approximate surface area is 271 Å². The Morgan fingerprint density at radius 1 is 0.370 bits per heavy atom. The molecular formula is C45H33N. The summed E-state index contributed by atoms with van der Waals surface area (Å²) in [6.45, 7) is 8.10. The van der Waals surface area contributed by atoms with Crippen LogP contribution in [0.5, 0.6) is 0 Å². The van der Waals surface area contributed by atoms with Crippen molar-refractivity contribution in [2.45, 2.75) is 0 Å². The Kier molecular flexibility index (Phi) is 8.05. The number of nitrogens with zero attached hydrogens (tertiary/aromatic N) is 1. The molecular weight excluding hydrogens is 555 g/mol. The fourth-order valence-corrected chi connectivity index (χ4v) is 5.84. The third-order valence-corrected chi connectivity index (χ3v) is 8.38. The van der Waals surface area contributed by atoms with E-state index in [0.717, 1.165) is 39.2 Å². The molecule has 0 spiro atoms. The van der Waals surface area contributed by atoms with Gasteiger partial charge in [-0.15, -0.1) is 0 Å². The second-order valence-electron chi connectivity index (χ2n) is 11.4. The molecule has 0 unspecified atom stereocenters. The van der Waals surface area contributed by atoms with E-state index in [-0.39, 0.29) is 0 Å². The first-order valence-electron chi connectivity index (χ1n) is 15.5. The molecule has 1 aromatic heterocycles. The summed E-state index contributed by atoms with van der Waals surface area (Å²) < 4.78 is 0. The molecule has 0 saturated carbocycles. The molecule has 0 aliphatic carbocycles. The van der Waals surface area contributed by atoms with Crippen molar-refractivity contribution in [3.63, 3.8) is 0 Å². The zero-order valence-corrected chi connectivity index (χ0v) is 25.6. The predicted molar refractivity (Wildman–Crippen MR) is 196 cm³/mol. The van der Waals surface area contributed by atoms with Crippen molar-refractivity contribution >= 4 is 5.57 Å². The van der Waals surface area contributed by atoms with Crippen molar-refractivity contribution in [1.29, 1.82) is 0 Å². The molecule has 0 bridgehead atoms. The van der Waals surface area contributed by atoms with Gasteiger partial charge in [-0.05, 0) is 91.5 Å². The zero-order chi connectivity index (χ0) is 31.3. The molecule has 0 N–H and O–H groups in total. The van der Waals surface area contributed by atoms with Crippen LogP contribution in [0.15, 0.2) is 189 Å². The minimum Gasteiger partial charge on any atom is -0.248 e. The molecule has 0 aliphatic heterocycles. The lowest BCUT2D eigenvalue weighted by Gasteiger charge is -2.12. The van der Waals surface area contributed by atoms with Gasteiger partial charge in [-0.25, -0.2) is 4.98 Å². The molecule has 0 atom stereocenters. The Morgan fingerprint density at radius 2 is 0.739 bits per heavy atom. The summed E-state index contributed by atoms with van der Waals surface area (Å²) in [5.41, 5.74) is 15.4. The molecule has 0 aliphatic rings. The van der Waals surface area contributed by atoms with Crippen LogP contribution in [0.4, 0.5) is 0 Å². The number of rotatable bonds is 8. The van der Waals surface area contributed by atoms with E-state index in [0.29, 0.717) is 0 Å². The van der Waals surface area contributed by atoms with Crippen LogP contribution in [0.1, 0.15) is 5.69 Å². The highest BCUT2D eigenvalue weighted by atomic mass is 14.7. The van der Waals surface area contributed by atoms with Gasteiger partial charge >= 0.3 is 0 Å². The second-order valence-corrected chi connectivity index (χ2v) is 11.4. The van der Waals surface area contributed by atoms with Crippen LogP contribution in [0.2, 0.25) is 0 Å². The first-order chi connectivity index (χ1) is 22.6. The highest BCUT2D eigenvalue weighted by molar-refractivity contribution is 5.82. The lowest BCUT2D eigenvalue weighted by molar-refractivity contribution is 1.28. The quantitative estimate of drug-likeness (QED) is 0.161. The molecule has 1 heterocycles. The number of hydrogen-bond acceptors (Lipinski definition) is 1. The maximum absolute atomic E-state index is 4.90. The van der Waals surface area contributed by atoms with E-state index in [1.54, 1.807) is 6.08 Å². The van der Waals surface area contributed by atoms with Gasteiger partial charge in [-0.2, -0.15) is 0 Å². The van der Waals surface area contributed by atoms with Crippen molar-refractivity contribution < 1.29 is 0 Å². The summed E-state index contributed by atoms with van der Waals surface area (Å²) in [5.74, 6) is 0. The van der Waals surface area contributed by atoms with Gasteiger partial charge in [0.15, 0.2) is 0 Å². The van der Waals surface area contributed by atoms with Gasteiger partial charge in [0.1, 0.15) is 0 Å². The zero-order valence-electron chi connectivity index (χ0n) is 25.6. The molecule has 0 saturated heterocycles. The predicted octanol–water partition coefficient (Wildman–Crippen LogP) is 12.3. The number of aromatic nitrogens is 1. The first kappa shape index (κ1) is 28.7. The van der Waals surface area contributed by atoms with Gasteiger partial charge in [0.25, 0.3) is 0 Å². The van der Waals surface area contributed by atoms with Crippen molar-refractivity contribution in [2.75, 3.05) is 0 Å². The highest BCUT2D eigenvalue weighted by Crippen LogP contribution is 2.34. The number of pyridine rings is 1. The van der Waals surface area contributed by atoms with Gasteiger partial charge < -0.3 is 0 Å². The van der Waals surface area contributed by atoms with Crippen LogP contribution in [-0.4, -0.2) is 4.98 Å². The lowest BCUT2D eigenvalue weighted by atomic mass is 9.94. The fourth-order valence-electron chi connectivity index (χ4n) is 5.84. The second kappa shape index (κ2) is 12.9. The third-order valence-electron chi connectivity index (χ3n) is 8.38. The van der Waals surface area contributed by atoms with Crippen molar-refractivity contribution in [2.24, 2.45) is 0 Å². The van der Waals surface area contributed by atoms with E-state index >= 15 is 0 Å². The molecule has 1 heteroatoms. The van der Waals surface area contributed by atoms with Crippen LogP contribution in [0.25, 0.3) is 72.5 Å². The average molecular weight is 588 g/mol. The van der Waals surface area contributed by atoms with E-state index in [4.69, 9.17) is 4.98 Å². The molecule has 0 radical (unpaired) electrons.